The third-order valence-electron chi connectivity index (χ3n) is 4.63. The Balaban J connectivity index is 2.34. The molecule has 0 fully saturated rings. The van der Waals surface area contributed by atoms with Crippen LogP contribution in [0.2, 0.25) is 0 Å². The van der Waals surface area contributed by atoms with E-state index in [2.05, 4.69) is 15.4 Å². The topological polar surface area (TPSA) is 67.4 Å². The Morgan fingerprint density at radius 1 is 1.10 bits per heavy atom. The van der Waals surface area contributed by atoms with E-state index in [9.17, 15) is 18.4 Å². The van der Waals surface area contributed by atoms with Gasteiger partial charge in [0.2, 0.25) is 0 Å². The quantitative estimate of drug-likeness (QED) is 0.453. The Labute approximate surface area is 171 Å². The first-order valence-electron chi connectivity index (χ1n) is 8.70. The minimum absolute atomic E-state index is 0.0639. The summed E-state index contributed by atoms with van der Waals surface area (Å²) in [6.07, 6.45) is 0. The number of aryl methyl sites for hydroxylation is 2. The summed E-state index contributed by atoms with van der Waals surface area (Å²) in [7, 11) is 1.06. The molecule has 5 nitrogen and oxygen atoms in total. The molecule has 0 aliphatic carbocycles. The number of methoxy groups -OCH3 is 1. The molecule has 0 spiro atoms. The van der Waals surface area contributed by atoms with E-state index < -0.39 is 35.0 Å². The van der Waals surface area contributed by atoms with Crippen molar-refractivity contribution in [1.29, 1.82) is 0 Å². The minimum atomic E-state index is -1.31. The zero-order valence-corrected chi connectivity index (χ0v) is 16.7. The van der Waals surface area contributed by atoms with Gasteiger partial charge in [0.1, 0.15) is 11.6 Å². The zero-order chi connectivity index (χ0) is 21.3. The third-order valence-corrected chi connectivity index (χ3v) is 4.85. The lowest BCUT2D eigenvalue weighted by Crippen LogP contribution is -2.46. The highest BCUT2D eigenvalue weighted by molar-refractivity contribution is 7.80. The minimum Gasteiger partial charge on any atom is -0.463 e. The van der Waals surface area contributed by atoms with Gasteiger partial charge in [-0.05, 0) is 43.8 Å². The molecule has 0 saturated heterocycles. The Hall–Kier alpha value is -3.13. The number of rotatable bonds is 4. The van der Waals surface area contributed by atoms with Crippen LogP contribution in [0.25, 0.3) is 5.70 Å². The number of ketones is 1. The van der Waals surface area contributed by atoms with Crippen LogP contribution in [-0.2, 0) is 14.3 Å². The van der Waals surface area contributed by atoms with Crippen LogP contribution in [0.15, 0.2) is 42.0 Å². The van der Waals surface area contributed by atoms with E-state index >= 15 is 0 Å². The number of benzene rings is 2. The van der Waals surface area contributed by atoms with Crippen molar-refractivity contribution in [1.82, 2.24) is 10.6 Å². The summed E-state index contributed by atoms with van der Waals surface area (Å²) >= 11 is 5.22. The third kappa shape index (κ3) is 3.88. The first-order chi connectivity index (χ1) is 13.7. The number of nitrogens with one attached hydrogen (secondary N) is 2. The van der Waals surface area contributed by atoms with E-state index in [-0.39, 0.29) is 16.4 Å². The van der Waals surface area contributed by atoms with Gasteiger partial charge < -0.3 is 15.4 Å². The van der Waals surface area contributed by atoms with Gasteiger partial charge in [-0.1, -0.05) is 29.8 Å². The summed E-state index contributed by atoms with van der Waals surface area (Å²) in [5.41, 5.74) is 1.97. The summed E-state index contributed by atoms with van der Waals surface area (Å²) in [5.74, 6) is -3.93. The van der Waals surface area contributed by atoms with Crippen molar-refractivity contribution in [3.63, 3.8) is 0 Å². The van der Waals surface area contributed by atoms with Crippen molar-refractivity contribution < 1.29 is 23.1 Å². The van der Waals surface area contributed by atoms with Crippen molar-refractivity contribution in [3.05, 3.63) is 75.9 Å². The van der Waals surface area contributed by atoms with Crippen LogP contribution >= 0.6 is 12.2 Å². The Morgan fingerprint density at radius 2 is 1.76 bits per heavy atom. The van der Waals surface area contributed by atoms with E-state index in [1.54, 1.807) is 6.07 Å². The van der Waals surface area contributed by atoms with Gasteiger partial charge in [0.25, 0.3) is 5.78 Å². The molecular formula is C21H18F2N2O3S. The predicted molar refractivity (Wildman–Crippen MR) is 108 cm³/mol. The fraction of sp³-hybridized carbons (Fsp3) is 0.190. The molecule has 8 heteroatoms. The Morgan fingerprint density at radius 3 is 2.34 bits per heavy atom. The van der Waals surface area contributed by atoms with E-state index in [0.717, 1.165) is 30.4 Å². The van der Waals surface area contributed by atoms with Crippen molar-refractivity contribution in [2.75, 3.05) is 7.11 Å². The summed E-state index contributed by atoms with van der Waals surface area (Å²) in [6.45, 7) is 3.73. The summed E-state index contributed by atoms with van der Waals surface area (Å²) < 4.78 is 33.7. The molecule has 0 radical (unpaired) electrons. The standard InChI is InChI=1S/C21H18F2N2O3S/c1-10-7-8-12(11(2)9-10)17-16(19(26)20(27)28-3)18(25-21(29)24-17)15-13(22)5-4-6-14(15)23/h4-9,18H,1-3H3,(H2,24,25,29)/t18-/m0/s1. The van der Waals surface area contributed by atoms with Crippen molar-refractivity contribution >= 4 is 34.8 Å². The normalized spacial score (nSPS) is 16.2. The highest BCUT2D eigenvalue weighted by Gasteiger charge is 2.38. The van der Waals surface area contributed by atoms with Crippen LogP contribution in [0.4, 0.5) is 8.78 Å². The molecular weight excluding hydrogens is 398 g/mol. The molecule has 1 aliphatic heterocycles. The van der Waals surface area contributed by atoms with Crippen molar-refractivity contribution in [2.45, 2.75) is 19.9 Å². The average Bonchev–Trinajstić information content (AvgIpc) is 2.66. The number of hydrogen-bond donors (Lipinski definition) is 2. The molecule has 2 N–H and O–H groups in total. The molecule has 2 aromatic carbocycles. The van der Waals surface area contributed by atoms with Crippen LogP contribution < -0.4 is 10.6 Å². The van der Waals surface area contributed by atoms with Gasteiger partial charge in [-0.25, -0.2) is 13.6 Å². The summed E-state index contributed by atoms with van der Waals surface area (Å²) in [5, 5.41) is 5.64. The number of ether oxygens (including phenoxy) is 1. The SMILES string of the molecule is COC(=O)C(=O)C1=C(c2ccc(C)cc2C)NC(=S)N[C@H]1c1c(F)cccc1F. The summed E-state index contributed by atoms with van der Waals surface area (Å²) in [4.78, 5) is 25.0. The van der Waals surface area contributed by atoms with Gasteiger partial charge in [-0.2, -0.15) is 0 Å². The van der Waals surface area contributed by atoms with Gasteiger partial charge in [-0.3, -0.25) is 4.79 Å². The number of Topliss-reactive ketones (excluding diaryl/α,β-unsaturated/α-hetero) is 1. The second kappa shape index (κ2) is 8.08. The highest BCUT2D eigenvalue weighted by atomic mass is 32.1. The number of halogens is 2. The second-order valence-corrected chi connectivity index (χ2v) is 7.00. The number of hydrogen-bond acceptors (Lipinski definition) is 4. The fourth-order valence-corrected chi connectivity index (χ4v) is 3.54. The molecule has 0 amide bonds. The number of carbonyl (C=O) groups excluding carboxylic acids is 2. The van der Waals surface area contributed by atoms with Gasteiger partial charge in [0.15, 0.2) is 5.11 Å². The molecule has 1 aliphatic rings. The smallest absolute Gasteiger partial charge is 0.379 e. The molecule has 1 heterocycles. The number of esters is 1. The van der Waals surface area contributed by atoms with Crippen molar-refractivity contribution in [3.8, 4) is 0 Å². The first kappa shape index (κ1) is 20.6. The van der Waals surface area contributed by atoms with Gasteiger partial charge in [0.05, 0.1) is 30.0 Å². The maximum Gasteiger partial charge on any atom is 0.379 e. The Kier molecular flexibility index (Phi) is 5.74. The Bertz CT molecular complexity index is 1050. The maximum absolute atomic E-state index is 14.5. The van der Waals surface area contributed by atoms with Crippen LogP contribution in [-0.4, -0.2) is 24.0 Å². The monoisotopic (exact) mass is 416 g/mol. The van der Waals surface area contributed by atoms with Crippen molar-refractivity contribution in [2.24, 2.45) is 0 Å². The summed E-state index contributed by atoms with van der Waals surface area (Å²) in [6, 6.07) is 7.50. The van der Waals surface area contributed by atoms with E-state index in [4.69, 9.17) is 12.2 Å². The lowest BCUT2D eigenvalue weighted by Gasteiger charge is -2.32. The second-order valence-electron chi connectivity index (χ2n) is 6.59. The van der Waals surface area contributed by atoms with E-state index in [1.807, 2.05) is 26.0 Å². The molecule has 0 aromatic heterocycles. The molecule has 3 rings (SSSR count). The zero-order valence-electron chi connectivity index (χ0n) is 15.9. The molecule has 2 aromatic rings. The predicted octanol–water partition coefficient (Wildman–Crippen LogP) is 3.25. The van der Waals surface area contributed by atoms with Crippen LogP contribution in [0.5, 0.6) is 0 Å². The van der Waals surface area contributed by atoms with E-state index in [1.165, 1.54) is 6.07 Å². The molecule has 29 heavy (non-hydrogen) atoms. The van der Waals surface area contributed by atoms with E-state index in [0.29, 0.717) is 5.56 Å². The average molecular weight is 416 g/mol. The fourth-order valence-electron chi connectivity index (χ4n) is 3.32. The number of thiocarbonyl (C=S) groups is 1. The van der Waals surface area contributed by atoms with Gasteiger partial charge in [0, 0.05) is 5.56 Å². The molecule has 150 valence electrons. The largest absolute Gasteiger partial charge is 0.463 e. The highest BCUT2D eigenvalue weighted by Crippen LogP contribution is 2.35. The molecule has 0 unspecified atom stereocenters. The molecule has 0 bridgehead atoms. The van der Waals surface area contributed by atoms with Gasteiger partial charge in [-0.15, -0.1) is 0 Å². The first-order valence-corrected chi connectivity index (χ1v) is 9.11. The van der Waals surface area contributed by atoms with Crippen LogP contribution in [0.1, 0.15) is 28.3 Å². The van der Waals surface area contributed by atoms with Crippen LogP contribution in [0, 0.1) is 25.5 Å². The molecule has 0 saturated carbocycles. The number of carbonyl (C=O) groups is 2. The molecule has 1 atom stereocenters. The maximum atomic E-state index is 14.5. The lowest BCUT2D eigenvalue weighted by atomic mass is 9.88. The lowest BCUT2D eigenvalue weighted by molar-refractivity contribution is -0.150. The van der Waals surface area contributed by atoms with Gasteiger partial charge >= 0.3 is 5.97 Å². The van der Waals surface area contributed by atoms with Crippen LogP contribution in [0.3, 0.4) is 0 Å².